The summed E-state index contributed by atoms with van der Waals surface area (Å²) in [6.45, 7) is 4.17. The van der Waals surface area contributed by atoms with E-state index in [9.17, 15) is 4.79 Å². The van der Waals surface area contributed by atoms with E-state index >= 15 is 0 Å². The van der Waals surface area contributed by atoms with Crippen molar-refractivity contribution in [3.8, 4) is 0 Å². The molecule has 0 spiro atoms. The van der Waals surface area contributed by atoms with E-state index in [1.807, 2.05) is 25.1 Å². The molecule has 0 saturated heterocycles. The zero-order valence-electron chi connectivity index (χ0n) is 10.1. The molecular weight excluding hydrogens is 198 g/mol. The van der Waals surface area contributed by atoms with Crippen LogP contribution in [0.1, 0.15) is 48.8 Å². The molecule has 1 heterocycles. The molecule has 1 saturated carbocycles. The average molecular weight is 217 g/mol. The van der Waals surface area contributed by atoms with E-state index in [2.05, 4.69) is 11.9 Å². The monoisotopic (exact) mass is 217 g/mol. The SMILES string of the molecule is Cc1cccc(C(=O)C2CCCC(C)C2)n1. The summed E-state index contributed by atoms with van der Waals surface area (Å²) >= 11 is 0. The summed E-state index contributed by atoms with van der Waals surface area (Å²) in [5.41, 5.74) is 1.58. The van der Waals surface area contributed by atoms with Crippen molar-refractivity contribution in [2.24, 2.45) is 11.8 Å². The van der Waals surface area contributed by atoms with Gasteiger partial charge in [0.25, 0.3) is 0 Å². The van der Waals surface area contributed by atoms with Crippen LogP contribution in [0.2, 0.25) is 0 Å². The molecule has 2 atom stereocenters. The van der Waals surface area contributed by atoms with E-state index < -0.39 is 0 Å². The lowest BCUT2D eigenvalue weighted by Gasteiger charge is -2.25. The number of carbonyl (C=O) groups is 1. The molecule has 0 aliphatic heterocycles. The summed E-state index contributed by atoms with van der Waals surface area (Å²) in [6, 6.07) is 5.69. The van der Waals surface area contributed by atoms with Crippen molar-refractivity contribution in [3.63, 3.8) is 0 Å². The van der Waals surface area contributed by atoms with Gasteiger partial charge >= 0.3 is 0 Å². The second-order valence-electron chi connectivity index (χ2n) is 5.00. The second-order valence-corrected chi connectivity index (χ2v) is 5.00. The zero-order valence-corrected chi connectivity index (χ0v) is 10.1. The van der Waals surface area contributed by atoms with E-state index in [1.54, 1.807) is 0 Å². The number of ketones is 1. The van der Waals surface area contributed by atoms with Crippen molar-refractivity contribution >= 4 is 5.78 Å². The Morgan fingerprint density at radius 2 is 2.19 bits per heavy atom. The fourth-order valence-corrected chi connectivity index (χ4v) is 2.56. The molecule has 2 nitrogen and oxygen atoms in total. The molecule has 2 unspecified atom stereocenters. The van der Waals surface area contributed by atoms with Crippen LogP contribution in [0, 0.1) is 18.8 Å². The molecule has 16 heavy (non-hydrogen) atoms. The third-order valence-electron chi connectivity index (χ3n) is 3.45. The maximum atomic E-state index is 12.2. The first-order valence-corrected chi connectivity index (χ1v) is 6.14. The van der Waals surface area contributed by atoms with Gasteiger partial charge in [-0.25, -0.2) is 0 Å². The maximum Gasteiger partial charge on any atom is 0.184 e. The van der Waals surface area contributed by atoms with Gasteiger partial charge in [-0.2, -0.15) is 0 Å². The lowest BCUT2D eigenvalue weighted by atomic mass is 9.79. The maximum absolute atomic E-state index is 12.2. The summed E-state index contributed by atoms with van der Waals surface area (Å²) in [5, 5.41) is 0. The van der Waals surface area contributed by atoms with Gasteiger partial charge in [-0.3, -0.25) is 9.78 Å². The van der Waals surface area contributed by atoms with Crippen molar-refractivity contribution in [2.75, 3.05) is 0 Å². The molecule has 1 aliphatic rings. The molecule has 0 N–H and O–H groups in total. The first kappa shape index (κ1) is 11.3. The molecule has 0 bridgehead atoms. The third kappa shape index (κ3) is 2.49. The summed E-state index contributed by atoms with van der Waals surface area (Å²) < 4.78 is 0. The summed E-state index contributed by atoms with van der Waals surface area (Å²) in [4.78, 5) is 16.6. The predicted octanol–water partition coefficient (Wildman–Crippen LogP) is 3.40. The third-order valence-corrected chi connectivity index (χ3v) is 3.45. The highest BCUT2D eigenvalue weighted by atomic mass is 16.1. The highest BCUT2D eigenvalue weighted by Crippen LogP contribution is 2.30. The van der Waals surface area contributed by atoms with Crippen LogP contribution >= 0.6 is 0 Å². The van der Waals surface area contributed by atoms with Crippen molar-refractivity contribution in [3.05, 3.63) is 29.6 Å². The molecule has 1 aromatic rings. The lowest BCUT2D eigenvalue weighted by Crippen LogP contribution is -2.22. The van der Waals surface area contributed by atoms with Crippen LogP contribution in [0.4, 0.5) is 0 Å². The standard InChI is InChI=1S/C14H19NO/c1-10-5-3-7-12(9-10)14(16)13-8-4-6-11(2)15-13/h4,6,8,10,12H,3,5,7,9H2,1-2H3. The topological polar surface area (TPSA) is 30.0 Å². The Morgan fingerprint density at radius 3 is 2.88 bits per heavy atom. The van der Waals surface area contributed by atoms with Crippen LogP contribution < -0.4 is 0 Å². The quantitative estimate of drug-likeness (QED) is 0.711. The van der Waals surface area contributed by atoms with Crippen molar-refractivity contribution < 1.29 is 4.79 Å². The predicted molar refractivity (Wildman–Crippen MR) is 64.4 cm³/mol. The van der Waals surface area contributed by atoms with E-state index in [0.29, 0.717) is 11.6 Å². The molecule has 1 fully saturated rings. The average Bonchev–Trinajstić information content (AvgIpc) is 2.28. The number of aromatic nitrogens is 1. The zero-order chi connectivity index (χ0) is 11.5. The van der Waals surface area contributed by atoms with Crippen LogP contribution in [-0.4, -0.2) is 10.8 Å². The number of rotatable bonds is 2. The Morgan fingerprint density at radius 1 is 1.38 bits per heavy atom. The Balaban J connectivity index is 2.12. The van der Waals surface area contributed by atoms with Crippen LogP contribution in [0.25, 0.3) is 0 Å². The van der Waals surface area contributed by atoms with Crippen LogP contribution in [0.5, 0.6) is 0 Å². The number of Topliss-reactive ketones (excluding diaryl/α,β-unsaturated/α-hetero) is 1. The van der Waals surface area contributed by atoms with E-state index in [-0.39, 0.29) is 11.7 Å². The van der Waals surface area contributed by atoms with E-state index in [0.717, 1.165) is 18.5 Å². The molecular formula is C14H19NO. The largest absolute Gasteiger partial charge is 0.292 e. The van der Waals surface area contributed by atoms with Crippen LogP contribution in [0.3, 0.4) is 0 Å². The Labute approximate surface area is 97.1 Å². The molecule has 1 aliphatic carbocycles. The first-order valence-electron chi connectivity index (χ1n) is 6.14. The molecule has 0 radical (unpaired) electrons. The lowest BCUT2D eigenvalue weighted by molar-refractivity contribution is 0.0863. The fourth-order valence-electron chi connectivity index (χ4n) is 2.56. The van der Waals surface area contributed by atoms with Gasteiger partial charge in [-0.15, -0.1) is 0 Å². The van der Waals surface area contributed by atoms with Crippen LogP contribution in [0.15, 0.2) is 18.2 Å². The summed E-state index contributed by atoms with van der Waals surface area (Å²) in [6.07, 6.45) is 4.53. The minimum Gasteiger partial charge on any atom is -0.292 e. The molecule has 2 rings (SSSR count). The number of hydrogen-bond donors (Lipinski definition) is 0. The summed E-state index contributed by atoms with van der Waals surface area (Å²) in [5.74, 6) is 1.14. The molecule has 0 amide bonds. The minimum absolute atomic E-state index is 0.207. The number of carbonyl (C=O) groups excluding carboxylic acids is 1. The second kappa shape index (κ2) is 4.77. The Hall–Kier alpha value is -1.18. The highest BCUT2D eigenvalue weighted by molar-refractivity contribution is 5.96. The molecule has 86 valence electrons. The van der Waals surface area contributed by atoms with Gasteiger partial charge in [-0.05, 0) is 37.8 Å². The first-order chi connectivity index (χ1) is 7.66. The molecule has 0 aromatic carbocycles. The molecule has 1 aromatic heterocycles. The van der Waals surface area contributed by atoms with Gasteiger partial charge in [0.1, 0.15) is 5.69 Å². The van der Waals surface area contributed by atoms with Crippen molar-refractivity contribution in [1.82, 2.24) is 4.98 Å². The number of hydrogen-bond acceptors (Lipinski definition) is 2. The fraction of sp³-hybridized carbons (Fsp3) is 0.571. The van der Waals surface area contributed by atoms with Crippen LogP contribution in [-0.2, 0) is 0 Å². The van der Waals surface area contributed by atoms with Gasteiger partial charge in [-0.1, -0.05) is 25.8 Å². The molecule has 2 heteroatoms. The number of aryl methyl sites for hydroxylation is 1. The van der Waals surface area contributed by atoms with Gasteiger partial charge in [0.2, 0.25) is 0 Å². The van der Waals surface area contributed by atoms with Gasteiger partial charge in [0.05, 0.1) is 0 Å². The Kier molecular flexibility index (Phi) is 3.37. The minimum atomic E-state index is 0.207. The van der Waals surface area contributed by atoms with Gasteiger partial charge in [0, 0.05) is 11.6 Å². The smallest absolute Gasteiger partial charge is 0.184 e. The number of pyridine rings is 1. The van der Waals surface area contributed by atoms with E-state index in [1.165, 1.54) is 12.8 Å². The van der Waals surface area contributed by atoms with Gasteiger partial charge in [0.15, 0.2) is 5.78 Å². The summed E-state index contributed by atoms with van der Waals surface area (Å²) in [7, 11) is 0. The van der Waals surface area contributed by atoms with Gasteiger partial charge < -0.3 is 0 Å². The van der Waals surface area contributed by atoms with Crippen molar-refractivity contribution in [2.45, 2.75) is 39.5 Å². The van der Waals surface area contributed by atoms with Crippen molar-refractivity contribution in [1.29, 1.82) is 0 Å². The highest BCUT2D eigenvalue weighted by Gasteiger charge is 2.26. The Bertz CT molecular complexity index is 386. The number of nitrogens with zero attached hydrogens (tertiary/aromatic N) is 1. The normalized spacial score (nSPS) is 25.4. The van der Waals surface area contributed by atoms with E-state index in [4.69, 9.17) is 0 Å².